The molecule has 9 nitrogen and oxygen atoms in total. The van der Waals surface area contributed by atoms with Gasteiger partial charge < -0.3 is 20.1 Å². The van der Waals surface area contributed by atoms with Crippen LogP contribution in [0.5, 0.6) is 11.8 Å². The topological polar surface area (TPSA) is 95.8 Å². The molecule has 4 saturated heterocycles. The molecular weight excluding hydrogens is 630 g/mol. The lowest BCUT2D eigenvalue weighted by Crippen LogP contribution is -2.51. The number of pyridine rings is 1. The van der Waals surface area contributed by atoms with Crippen molar-refractivity contribution in [1.82, 2.24) is 24.8 Å². The molecule has 0 amide bonds. The van der Waals surface area contributed by atoms with Gasteiger partial charge in [-0.15, -0.1) is 0 Å². The number of rotatable bonds is 5. The molecular formula is C32H30F6N6O3. The van der Waals surface area contributed by atoms with Crippen LogP contribution in [0.3, 0.4) is 0 Å². The minimum Gasteiger partial charge on any atom is -0.508 e. The molecule has 0 saturated carbocycles. The van der Waals surface area contributed by atoms with Crippen LogP contribution in [-0.4, -0.2) is 81.1 Å². The number of alkyl halides is 4. The van der Waals surface area contributed by atoms with E-state index in [1.54, 1.807) is 4.90 Å². The molecule has 2 N–H and O–H groups in total. The molecule has 2 aromatic heterocycles. The predicted octanol–water partition coefficient (Wildman–Crippen LogP) is 4.83. The number of piperazine rings is 1. The van der Waals surface area contributed by atoms with Crippen LogP contribution in [0.1, 0.15) is 39.2 Å². The van der Waals surface area contributed by atoms with E-state index in [0.29, 0.717) is 32.1 Å². The van der Waals surface area contributed by atoms with E-state index >= 15 is 4.39 Å². The van der Waals surface area contributed by atoms with E-state index in [2.05, 4.69) is 15.3 Å². The lowest BCUT2D eigenvalue weighted by Gasteiger charge is -2.34. The van der Waals surface area contributed by atoms with Crippen LogP contribution in [0, 0.1) is 11.6 Å². The maximum absolute atomic E-state index is 15.3. The van der Waals surface area contributed by atoms with Crippen LogP contribution in [0.25, 0.3) is 27.4 Å². The van der Waals surface area contributed by atoms with Gasteiger partial charge in [-0.05, 0) is 55.8 Å². The zero-order valence-corrected chi connectivity index (χ0v) is 24.9. The monoisotopic (exact) mass is 661 g/mol. The Bertz CT molecular complexity index is 2030. The zero-order chi connectivity index (χ0) is 33.7. The second kappa shape index (κ2) is 10.7. The smallest absolute Gasteiger partial charge is 0.431 e. The van der Waals surface area contributed by atoms with Crippen molar-refractivity contribution in [2.45, 2.75) is 62.1 Å². The van der Waals surface area contributed by atoms with Crippen molar-refractivity contribution in [2.75, 3.05) is 37.7 Å². The van der Waals surface area contributed by atoms with E-state index in [0.717, 1.165) is 43.5 Å². The van der Waals surface area contributed by atoms with Crippen LogP contribution in [-0.2, 0) is 6.18 Å². The number of fused-ring (bicyclic) bond motifs is 5. The number of hydrogen-bond donors (Lipinski definition) is 2. The lowest BCUT2D eigenvalue weighted by atomic mass is 9.95. The molecule has 0 spiro atoms. The van der Waals surface area contributed by atoms with Crippen molar-refractivity contribution < 1.29 is 37.6 Å². The number of benzene rings is 2. The standard InChI is InChI=1S/C32H30F6N6O3/c33-17-11-31(6-1-7-43(31)12-17)15-47-30-40-27-21(28(41-30)42-13-18-3-4-19(14-42)39-18)10-24(32(36,37)38)44(29(27)46)23-9-20(45)8-16-2-5-22(34)26(35)25(16)23/h2,5,8-10,17-19,39,45H,1,3-4,6-7,11-15H2/t17-,18-,19+,31+/m1/s1/i17D. The molecule has 0 unspecified atom stereocenters. The fourth-order valence-corrected chi connectivity index (χ4v) is 7.88. The van der Waals surface area contributed by atoms with Crippen molar-refractivity contribution in [2.24, 2.45) is 0 Å². The summed E-state index contributed by atoms with van der Waals surface area (Å²) in [6, 6.07) is 4.11. The summed E-state index contributed by atoms with van der Waals surface area (Å²) in [5.41, 5.74) is -4.85. The van der Waals surface area contributed by atoms with Gasteiger partial charge >= 0.3 is 12.2 Å². The van der Waals surface area contributed by atoms with Gasteiger partial charge in [0.15, 0.2) is 11.6 Å². The van der Waals surface area contributed by atoms with Crippen LogP contribution >= 0.6 is 0 Å². The largest absolute Gasteiger partial charge is 0.508 e. The summed E-state index contributed by atoms with van der Waals surface area (Å²) in [4.78, 5) is 26.7. The predicted molar refractivity (Wildman–Crippen MR) is 160 cm³/mol. The molecule has 4 aromatic rings. The molecule has 4 fully saturated rings. The number of phenolic OH excluding ortho intramolecular Hbond substituents is 1. The van der Waals surface area contributed by atoms with Crippen LogP contribution in [0.15, 0.2) is 35.1 Å². The highest BCUT2D eigenvalue weighted by Crippen LogP contribution is 2.42. The Morgan fingerprint density at radius 1 is 1.11 bits per heavy atom. The number of nitrogens with one attached hydrogen (secondary N) is 1. The first-order chi connectivity index (χ1) is 22.7. The molecule has 0 radical (unpaired) electrons. The lowest BCUT2D eigenvalue weighted by molar-refractivity contribution is -0.142. The summed E-state index contributed by atoms with van der Waals surface area (Å²) in [5.74, 6) is -3.40. The molecule has 248 valence electrons. The Hall–Kier alpha value is -4.11. The van der Waals surface area contributed by atoms with Gasteiger partial charge in [-0.25, -0.2) is 13.2 Å². The molecule has 4 aliphatic rings. The number of aromatic nitrogens is 3. The quantitative estimate of drug-likeness (QED) is 0.294. The van der Waals surface area contributed by atoms with Gasteiger partial charge in [0.05, 0.1) is 18.0 Å². The highest BCUT2D eigenvalue weighted by atomic mass is 19.4. The Balaban J connectivity index is 1.35. The molecule has 15 heteroatoms. The first-order valence-electron chi connectivity index (χ1n) is 16.0. The minimum atomic E-state index is -5.17. The highest BCUT2D eigenvalue weighted by Gasteiger charge is 2.49. The molecule has 2 aromatic carbocycles. The van der Waals surface area contributed by atoms with Crippen molar-refractivity contribution in [3.63, 3.8) is 0 Å². The molecule has 6 heterocycles. The Morgan fingerprint density at radius 2 is 1.87 bits per heavy atom. The third-order valence-corrected chi connectivity index (χ3v) is 9.95. The highest BCUT2D eigenvalue weighted by molar-refractivity contribution is 5.94. The molecule has 4 atom stereocenters. The second-order valence-electron chi connectivity index (χ2n) is 13.0. The van der Waals surface area contributed by atoms with Crippen molar-refractivity contribution >= 4 is 27.5 Å². The Morgan fingerprint density at radius 3 is 2.62 bits per heavy atom. The summed E-state index contributed by atoms with van der Waals surface area (Å²) in [7, 11) is 0. The van der Waals surface area contributed by atoms with E-state index in [1.165, 1.54) is 0 Å². The van der Waals surface area contributed by atoms with Gasteiger partial charge in [0.25, 0.3) is 5.56 Å². The molecule has 8 rings (SSSR count). The van der Waals surface area contributed by atoms with Gasteiger partial charge in [0.2, 0.25) is 0 Å². The second-order valence-corrected chi connectivity index (χ2v) is 13.0. The average Bonchev–Trinajstić information content (AvgIpc) is 3.64. The normalized spacial score (nSPS) is 28.0. The Labute approximate surface area is 265 Å². The fourth-order valence-electron chi connectivity index (χ4n) is 7.88. The molecule has 4 aliphatic heterocycles. The number of anilines is 1. The van der Waals surface area contributed by atoms with Crippen LogP contribution in [0.4, 0.5) is 32.2 Å². The number of nitrogens with zero attached hydrogens (tertiary/aromatic N) is 5. The fraction of sp³-hybridized carbons (Fsp3) is 0.469. The van der Waals surface area contributed by atoms with Gasteiger partial charge in [-0.1, -0.05) is 6.07 Å². The summed E-state index contributed by atoms with van der Waals surface area (Å²) in [5, 5.41) is 12.9. The van der Waals surface area contributed by atoms with Crippen LogP contribution < -0.4 is 20.5 Å². The van der Waals surface area contributed by atoms with Crippen LogP contribution in [0.2, 0.25) is 0 Å². The third-order valence-electron chi connectivity index (χ3n) is 9.95. The van der Waals surface area contributed by atoms with E-state index < -0.39 is 63.1 Å². The van der Waals surface area contributed by atoms with Crippen molar-refractivity contribution in [1.29, 1.82) is 0 Å². The molecule has 2 bridgehead atoms. The van der Waals surface area contributed by atoms with Gasteiger partial charge in [0.1, 0.15) is 35.5 Å². The number of aromatic hydroxyl groups is 1. The molecule has 0 aliphatic carbocycles. The maximum atomic E-state index is 15.3. The summed E-state index contributed by atoms with van der Waals surface area (Å²) >= 11 is 0. The van der Waals surface area contributed by atoms with E-state index in [1.807, 2.05) is 4.90 Å². The van der Waals surface area contributed by atoms with E-state index in [9.17, 15) is 31.9 Å². The number of ether oxygens (including phenoxy) is 1. The zero-order valence-electron chi connectivity index (χ0n) is 25.9. The van der Waals surface area contributed by atoms with Gasteiger partial charge in [-0.2, -0.15) is 23.1 Å². The number of hydrogen-bond acceptors (Lipinski definition) is 8. The first-order valence-corrected chi connectivity index (χ1v) is 15.5. The molecule has 47 heavy (non-hydrogen) atoms. The average molecular weight is 662 g/mol. The summed E-state index contributed by atoms with van der Waals surface area (Å²) in [6.45, 7) is 1.13. The number of phenols is 1. The first kappa shape index (κ1) is 29.1. The van der Waals surface area contributed by atoms with E-state index in [-0.39, 0.29) is 58.8 Å². The number of halogens is 6. The van der Waals surface area contributed by atoms with Crippen molar-refractivity contribution in [3.05, 3.63) is 58.0 Å². The maximum Gasteiger partial charge on any atom is 0.431 e. The SMILES string of the molecule is [2H][C@]1(F)CN2CCC[C@@]2(COc2nc(N3C[C@H]4CC[C@@H](C3)N4)c3cc(C(F)(F)F)n(-c4cc(O)cc5ccc(F)c(F)c45)c(=O)c3n2)C1. The van der Waals surface area contributed by atoms with Gasteiger partial charge in [-0.3, -0.25) is 14.3 Å². The minimum absolute atomic E-state index is 0.0358. The summed E-state index contributed by atoms with van der Waals surface area (Å²) in [6.07, 6.45) is -4.47. The Kier molecular flexibility index (Phi) is 6.62. The van der Waals surface area contributed by atoms with Gasteiger partial charge in [0, 0.05) is 49.6 Å². The summed E-state index contributed by atoms with van der Waals surface area (Å²) < 4.78 is 103. The van der Waals surface area contributed by atoms with E-state index in [4.69, 9.17) is 6.11 Å². The van der Waals surface area contributed by atoms with Crippen molar-refractivity contribution in [3.8, 4) is 17.4 Å². The third kappa shape index (κ3) is 4.96.